The molecule has 1 aliphatic carbocycles. The average Bonchev–Trinajstić information content (AvgIpc) is 2.36. The molecule has 1 saturated carbocycles. The van der Waals surface area contributed by atoms with Crippen molar-refractivity contribution in [2.75, 3.05) is 18.6 Å². The van der Waals surface area contributed by atoms with Gasteiger partial charge in [-0.05, 0) is 82.8 Å². The first-order chi connectivity index (χ1) is 8.96. The first kappa shape index (κ1) is 17.4. The van der Waals surface area contributed by atoms with E-state index >= 15 is 0 Å². The van der Waals surface area contributed by atoms with Crippen LogP contribution in [0, 0.1) is 17.8 Å². The summed E-state index contributed by atoms with van der Waals surface area (Å²) in [6, 6.07) is 0. The van der Waals surface area contributed by atoms with Crippen molar-refractivity contribution >= 4 is 11.8 Å². The maximum atomic E-state index is 3.74. The molecule has 19 heavy (non-hydrogen) atoms. The molecule has 1 aliphatic rings. The molecule has 0 saturated heterocycles. The minimum absolute atomic E-state index is 0.269. The van der Waals surface area contributed by atoms with E-state index in [0.29, 0.717) is 0 Å². The van der Waals surface area contributed by atoms with Crippen LogP contribution in [0.2, 0.25) is 0 Å². The maximum absolute atomic E-state index is 3.74. The molecule has 0 radical (unpaired) electrons. The van der Waals surface area contributed by atoms with Crippen molar-refractivity contribution in [1.82, 2.24) is 5.32 Å². The van der Waals surface area contributed by atoms with E-state index in [1.807, 2.05) is 11.8 Å². The first-order valence-electron chi connectivity index (χ1n) is 8.20. The SMILES string of the molecule is CCC1CCC(CNC(C)(C)C)C(CCCSC)C1. The van der Waals surface area contributed by atoms with E-state index in [4.69, 9.17) is 0 Å². The molecule has 1 fully saturated rings. The molecule has 0 amide bonds. The summed E-state index contributed by atoms with van der Waals surface area (Å²) >= 11 is 2.00. The summed E-state index contributed by atoms with van der Waals surface area (Å²) in [4.78, 5) is 0. The minimum Gasteiger partial charge on any atom is -0.312 e. The predicted octanol–water partition coefficient (Wildman–Crippen LogP) is 4.96. The smallest absolute Gasteiger partial charge is 0.00966 e. The van der Waals surface area contributed by atoms with E-state index < -0.39 is 0 Å². The molecule has 3 unspecified atom stereocenters. The van der Waals surface area contributed by atoms with Gasteiger partial charge in [-0.2, -0.15) is 11.8 Å². The van der Waals surface area contributed by atoms with E-state index in [1.165, 1.54) is 50.8 Å². The minimum atomic E-state index is 0.269. The highest BCUT2D eigenvalue weighted by Gasteiger charge is 2.29. The molecule has 114 valence electrons. The fourth-order valence-corrected chi connectivity index (χ4v) is 3.80. The van der Waals surface area contributed by atoms with Gasteiger partial charge in [0, 0.05) is 5.54 Å². The first-order valence-corrected chi connectivity index (χ1v) is 9.59. The van der Waals surface area contributed by atoms with Gasteiger partial charge in [0.25, 0.3) is 0 Å². The molecule has 0 spiro atoms. The lowest BCUT2D eigenvalue weighted by Gasteiger charge is -2.38. The summed E-state index contributed by atoms with van der Waals surface area (Å²) in [7, 11) is 0. The quantitative estimate of drug-likeness (QED) is 0.663. The Labute approximate surface area is 125 Å². The van der Waals surface area contributed by atoms with E-state index in [2.05, 4.69) is 39.3 Å². The fourth-order valence-electron chi connectivity index (χ4n) is 3.34. The van der Waals surface area contributed by atoms with Gasteiger partial charge in [-0.25, -0.2) is 0 Å². The van der Waals surface area contributed by atoms with Crippen LogP contribution in [-0.2, 0) is 0 Å². The van der Waals surface area contributed by atoms with Gasteiger partial charge in [0.1, 0.15) is 0 Å². The number of hydrogen-bond donors (Lipinski definition) is 1. The maximum Gasteiger partial charge on any atom is 0.00966 e. The highest BCUT2D eigenvalue weighted by Crippen LogP contribution is 2.38. The molecule has 0 aromatic carbocycles. The van der Waals surface area contributed by atoms with Gasteiger partial charge in [-0.15, -0.1) is 0 Å². The van der Waals surface area contributed by atoms with E-state index in [-0.39, 0.29) is 5.54 Å². The Hall–Kier alpha value is 0.310. The van der Waals surface area contributed by atoms with Crippen molar-refractivity contribution < 1.29 is 0 Å². The van der Waals surface area contributed by atoms with Gasteiger partial charge in [0.15, 0.2) is 0 Å². The van der Waals surface area contributed by atoms with Gasteiger partial charge in [-0.1, -0.05) is 19.8 Å². The predicted molar refractivity (Wildman–Crippen MR) is 90.0 cm³/mol. The molecule has 1 nitrogen and oxygen atoms in total. The van der Waals surface area contributed by atoms with E-state index in [0.717, 1.165) is 17.8 Å². The Balaban J connectivity index is 2.45. The Bertz CT molecular complexity index is 234. The molecule has 0 heterocycles. The Morgan fingerprint density at radius 3 is 2.47 bits per heavy atom. The topological polar surface area (TPSA) is 12.0 Å². The summed E-state index contributed by atoms with van der Waals surface area (Å²) in [6.45, 7) is 10.5. The summed E-state index contributed by atoms with van der Waals surface area (Å²) < 4.78 is 0. The van der Waals surface area contributed by atoms with E-state index in [9.17, 15) is 0 Å². The van der Waals surface area contributed by atoms with Crippen molar-refractivity contribution in [3.8, 4) is 0 Å². The van der Waals surface area contributed by atoms with Crippen LogP contribution in [0.4, 0.5) is 0 Å². The normalized spacial score (nSPS) is 28.6. The van der Waals surface area contributed by atoms with Gasteiger partial charge < -0.3 is 5.32 Å². The molecule has 0 aromatic heterocycles. The summed E-state index contributed by atoms with van der Waals surface area (Å²) in [6.07, 6.45) is 10.9. The van der Waals surface area contributed by atoms with Crippen LogP contribution in [0.15, 0.2) is 0 Å². The number of nitrogens with one attached hydrogen (secondary N) is 1. The second-order valence-corrected chi connectivity index (χ2v) is 8.36. The standard InChI is InChI=1S/C17H35NS/c1-6-14-9-10-16(13-18-17(2,3)4)15(12-14)8-7-11-19-5/h14-16,18H,6-13H2,1-5H3. The van der Waals surface area contributed by atoms with Crippen molar-refractivity contribution in [3.63, 3.8) is 0 Å². The van der Waals surface area contributed by atoms with Crippen molar-refractivity contribution in [2.45, 2.75) is 71.8 Å². The zero-order valence-corrected chi connectivity index (χ0v) is 14.6. The van der Waals surface area contributed by atoms with Crippen LogP contribution < -0.4 is 5.32 Å². The molecule has 1 N–H and O–H groups in total. The van der Waals surface area contributed by atoms with Crippen LogP contribution in [0.25, 0.3) is 0 Å². The Kier molecular flexibility index (Phi) is 7.83. The van der Waals surface area contributed by atoms with Crippen LogP contribution in [0.1, 0.15) is 66.2 Å². The Morgan fingerprint density at radius 2 is 1.89 bits per heavy atom. The largest absolute Gasteiger partial charge is 0.312 e. The van der Waals surface area contributed by atoms with Crippen LogP contribution in [-0.4, -0.2) is 24.1 Å². The zero-order chi connectivity index (χ0) is 14.3. The van der Waals surface area contributed by atoms with Crippen molar-refractivity contribution in [1.29, 1.82) is 0 Å². The molecular weight excluding hydrogens is 250 g/mol. The van der Waals surface area contributed by atoms with Gasteiger partial charge in [0.05, 0.1) is 0 Å². The number of rotatable bonds is 7. The second-order valence-electron chi connectivity index (χ2n) is 7.37. The van der Waals surface area contributed by atoms with E-state index in [1.54, 1.807) is 0 Å². The molecule has 0 bridgehead atoms. The van der Waals surface area contributed by atoms with Gasteiger partial charge in [-0.3, -0.25) is 0 Å². The lowest BCUT2D eigenvalue weighted by molar-refractivity contribution is 0.155. The van der Waals surface area contributed by atoms with Crippen LogP contribution in [0.5, 0.6) is 0 Å². The summed E-state index contributed by atoms with van der Waals surface area (Å²) in [5.41, 5.74) is 0.269. The summed E-state index contributed by atoms with van der Waals surface area (Å²) in [5.74, 6) is 4.24. The lowest BCUT2D eigenvalue weighted by atomic mass is 9.71. The fraction of sp³-hybridized carbons (Fsp3) is 1.00. The van der Waals surface area contributed by atoms with Crippen LogP contribution in [0.3, 0.4) is 0 Å². The third-order valence-corrected chi connectivity index (χ3v) is 5.34. The zero-order valence-electron chi connectivity index (χ0n) is 13.8. The molecule has 2 heteroatoms. The Morgan fingerprint density at radius 1 is 1.16 bits per heavy atom. The molecule has 0 aliphatic heterocycles. The lowest BCUT2D eigenvalue weighted by Crippen LogP contribution is -2.42. The van der Waals surface area contributed by atoms with Gasteiger partial charge >= 0.3 is 0 Å². The highest BCUT2D eigenvalue weighted by atomic mass is 32.2. The molecule has 0 aromatic rings. The van der Waals surface area contributed by atoms with Crippen molar-refractivity contribution in [2.24, 2.45) is 17.8 Å². The molecule has 1 rings (SSSR count). The third-order valence-electron chi connectivity index (χ3n) is 4.64. The number of thioether (sulfide) groups is 1. The van der Waals surface area contributed by atoms with Crippen molar-refractivity contribution in [3.05, 3.63) is 0 Å². The number of hydrogen-bond acceptors (Lipinski definition) is 2. The second kappa shape index (κ2) is 8.56. The molecule has 3 atom stereocenters. The monoisotopic (exact) mass is 285 g/mol. The third kappa shape index (κ3) is 7.04. The molecular formula is C17H35NS. The summed E-state index contributed by atoms with van der Waals surface area (Å²) in [5, 5.41) is 3.74. The highest BCUT2D eigenvalue weighted by molar-refractivity contribution is 7.98. The van der Waals surface area contributed by atoms with Crippen LogP contribution >= 0.6 is 11.8 Å². The van der Waals surface area contributed by atoms with Gasteiger partial charge in [0.2, 0.25) is 0 Å². The average molecular weight is 286 g/mol.